The molecule has 27 heavy (non-hydrogen) atoms. The molecule has 136 valence electrons. The maximum Gasteiger partial charge on any atom is 0.196 e. The van der Waals surface area contributed by atoms with Gasteiger partial charge in [-0.05, 0) is 38.1 Å². The van der Waals surface area contributed by atoms with Crippen LogP contribution in [0.15, 0.2) is 64.3 Å². The van der Waals surface area contributed by atoms with Crippen molar-refractivity contribution in [3.8, 4) is 17.1 Å². The van der Waals surface area contributed by atoms with E-state index in [1.807, 2.05) is 68.4 Å². The number of thioether (sulfide) groups is 1. The minimum Gasteiger partial charge on any atom is -0.361 e. The van der Waals surface area contributed by atoms with E-state index in [-0.39, 0.29) is 0 Å². The predicted molar refractivity (Wildman–Crippen MR) is 107 cm³/mol. The average molecular weight is 397 g/mol. The van der Waals surface area contributed by atoms with Gasteiger partial charge in [-0.3, -0.25) is 4.57 Å². The van der Waals surface area contributed by atoms with E-state index in [2.05, 4.69) is 19.9 Å². The molecule has 0 saturated carbocycles. The second-order valence-corrected chi connectivity index (χ2v) is 7.45. The summed E-state index contributed by atoms with van der Waals surface area (Å²) in [5.74, 6) is 2.34. The van der Waals surface area contributed by atoms with Crippen LogP contribution in [-0.4, -0.2) is 19.9 Å². The smallest absolute Gasteiger partial charge is 0.196 e. The molecule has 7 heteroatoms. The molecule has 0 amide bonds. The second-order valence-electron chi connectivity index (χ2n) is 6.08. The molecule has 0 atom stereocenters. The first-order valence-corrected chi connectivity index (χ1v) is 9.81. The van der Waals surface area contributed by atoms with Crippen LogP contribution in [-0.2, 0) is 5.75 Å². The van der Waals surface area contributed by atoms with Crippen LogP contribution in [0.1, 0.15) is 17.0 Å². The Labute approximate surface area is 166 Å². The molecule has 0 fully saturated rings. The molecular weight excluding hydrogens is 380 g/mol. The second kappa shape index (κ2) is 7.58. The summed E-state index contributed by atoms with van der Waals surface area (Å²) < 4.78 is 7.32. The van der Waals surface area contributed by atoms with Crippen LogP contribution in [0.25, 0.3) is 17.1 Å². The van der Waals surface area contributed by atoms with E-state index in [0.717, 1.165) is 39.2 Å². The lowest BCUT2D eigenvalue weighted by Crippen LogP contribution is -2.00. The Morgan fingerprint density at radius 3 is 2.41 bits per heavy atom. The third-order valence-corrected chi connectivity index (χ3v) is 5.48. The van der Waals surface area contributed by atoms with Crippen LogP contribution in [0.5, 0.6) is 0 Å². The van der Waals surface area contributed by atoms with Gasteiger partial charge in [0.25, 0.3) is 0 Å². The van der Waals surface area contributed by atoms with Crippen LogP contribution in [0.2, 0.25) is 5.02 Å². The molecule has 0 aliphatic rings. The maximum atomic E-state index is 6.07. The third kappa shape index (κ3) is 3.63. The molecular formula is C20H17ClN4OS. The summed E-state index contributed by atoms with van der Waals surface area (Å²) in [5, 5.41) is 14.4. The number of nitrogens with zero attached hydrogens (tertiary/aromatic N) is 4. The van der Waals surface area contributed by atoms with Crippen molar-refractivity contribution in [1.29, 1.82) is 0 Å². The van der Waals surface area contributed by atoms with Crippen molar-refractivity contribution in [3.05, 3.63) is 76.6 Å². The van der Waals surface area contributed by atoms with Gasteiger partial charge in [0.15, 0.2) is 11.0 Å². The van der Waals surface area contributed by atoms with Gasteiger partial charge in [-0.25, -0.2) is 0 Å². The van der Waals surface area contributed by atoms with Gasteiger partial charge in [-0.15, -0.1) is 10.2 Å². The highest BCUT2D eigenvalue weighted by Gasteiger charge is 2.18. The van der Waals surface area contributed by atoms with E-state index in [0.29, 0.717) is 10.8 Å². The molecule has 2 heterocycles. The summed E-state index contributed by atoms with van der Waals surface area (Å²) in [6, 6.07) is 17.7. The molecule has 0 saturated heterocycles. The third-order valence-electron chi connectivity index (χ3n) is 4.28. The molecule has 4 rings (SSSR count). The normalized spacial score (nSPS) is 11.1. The Morgan fingerprint density at radius 1 is 1.00 bits per heavy atom. The highest BCUT2D eigenvalue weighted by molar-refractivity contribution is 7.98. The SMILES string of the molecule is Cc1noc(C)c1CSc1nnc(-c2ccccc2)n1-c1ccc(Cl)cc1. The van der Waals surface area contributed by atoms with Gasteiger partial charge >= 0.3 is 0 Å². The van der Waals surface area contributed by atoms with E-state index in [4.69, 9.17) is 16.1 Å². The molecule has 0 radical (unpaired) electrons. The highest BCUT2D eigenvalue weighted by atomic mass is 35.5. The zero-order chi connectivity index (χ0) is 18.8. The van der Waals surface area contributed by atoms with Crippen LogP contribution < -0.4 is 0 Å². The van der Waals surface area contributed by atoms with Gasteiger partial charge in [0, 0.05) is 27.6 Å². The van der Waals surface area contributed by atoms with Crippen molar-refractivity contribution >= 4 is 23.4 Å². The Bertz CT molecular complexity index is 1040. The Hall–Kier alpha value is -2.57. The fourth-order valence-corrected chi connectivity index (χ4v) is 4.04. The van der Waals surface area contributed by atoms with Gasteiger partial charge in [0.05, 0.1) is 5.69 Å². The topological polar surface area (TPSA) is 56.7 Å². The predicted octanol–water partition coefficient (Wildman–Crippen LogP) is 5.48. The van der Waals surface area contributed by atoms with Gasteiger partial charge in [0.1, 0.15) is 5.76 Å². The standard InChI is InChI=1S/C20H17ClN4OS/c1-13-18(14(2)26-24-13)12-27-20-23-22-19(15-6-4-3-5-7-15)25(20)17-10-8-16(21)9-11-17/h3-11H,12H2,1-2H3. The summed E-state index contributed by atoms with van der Waals surface area (Å²) >= 11 is 7.67. The summed E-state index contributed by atoms with van der Waals surface area (Å²) in [6.07, 6.45) is 0. The minimum absolute atomic E-state index is 0.693. The zero-order valence-electron chi connectivity index (χ0n) is 14.9. The molecule has 4 aromatic rings. The summed E-state index contributed by atoms with van der Waals surface area (Å²) in [6.45, 7) is 3.88. The average Bonchev–Trinajstić information content (AvgIpc) is 3.25. The first kappa shape index (κ1) is 17.8. The fraction of sp³-hybridized carbons (Fsp3) is 0.150. The molecule has 0 aliphatic heterocycles. The molecule has 0 spiro atoms. The van der Waals surface area contributed by atoms with Crippen molar-refractivity contribution < 1.29 is 4.52 Å². The number of aryl methyl sites for hydroxylation is 2. The Kier molecular flexibility index (Phi) is 5.01. The molecule has 0 bridgehead atoms. The first-order chi connectivity index (χ1) is 13.1. The van der Waals surface area contributed by atoms with Crippen LogP contribution in [0.3, 0.4) is 0 Å². The molecule has 2 aromatic heterocycles. The van der Waals surface area contributed by atoms with Crippen LogP contribution >= 0.6 is 23.4 Å². The summed E-state index contributed by atoms with van der Waals surface area (Å²) in [4.78, 5) is 0. The number of hydrogen-bond acceptors (Lipinski definition) is 5. The van der Waals surface area contributed by atoms with Crippen LogP contribution in [0, 0.1) is 13.8 Å². The molecule has 0 unspecified atom stereocenters. The van der Waals surface area contributed by atoms with Gasteiger partial charge in [-0.2, -0.15) is 0 Å². The van der Waals surface area contributed by atoms with E-state index in [9.17, 15) is 0 Å². The maximum absolute atomic E-state index is 6.07. The fourth-order valence-electron chi connectivity index (χ4n) is 2.81. The number of hydrogen-bond donors (Lipinski definition) is 0. The lowest BCUT2D eigenvalue weighted by Gasteiger charge is -2.10. The number of rotatable bonds is 5. The van der Waals surface area contributed by atoms with Gasteiger partial charge < -0.3 is 4.52 Å². The Balaban J connectivity index is 1.75. The van der Waals surface area contributed by atoms with Gasteiger partial charge in [0.2, 0.25) is 0 Å². The summed E-state index contributed by atoms with van der Waals surface area (Å²) in [5.41, 5.74) is 3.96. The minimum atomic E-state index is 0.693. The number of benzene rings is 2. The van der Waals surface area contributed by atoms with E-state index < -0.39 is 0 Å². The monoisotopic (exact) mass is 396 g/mol. The molecule has 0 N–H and O–H groups in total. The molecule has 0 aliphatic carbocycles. The van der Waals surface area contributed by atoms with Crippen molar-refractivity contribution in [2.45, 2.75) is 24.8 Å². The molecule has 5 nitrogen and oxygen atoms in total. The van der Waals surface area contributed by atoms with E-state index >= 15 is 0 Å². The Morgan fingerprint density at radius 2 is 1.74 bits per heavy atom. The van der Waals surface area contributed by atoms with Gasteiger partial charge in [-0.1, -0.05) is 58.9 Å². The first-order valence-electron chi connectivity index (χ1n) is 8.45. The van der Waals surface area contributed by atoms with Crippen molar-refractivity contribution in [1.82, 2.24) is 19.9 Å². The number of halogens is 1. The lowest BCUT2D eigenvalue weighted by molar-refractivity contribution is 0.392. The lowest BCUT2D eigenvalue weighted by atomic mass is 10.2. The zero-order valence-corrected chi connectivity index (χ0v) is 16.5. The number of aromatic nitrogens is 4. The highest BCUT2D eigenvalue weighted by Crippen LogP contribution is 2.31. The van der Waals surface area contributed by atoms with Crippen molar-refractivity contribution in [2.24, 2.45) is 0 Å². The quantitative estimate of drug-likeness (QED) is 0.418. The molecule has 2 aromatic carbocycles. The van der Waals surface area contributed by atoms with Crippen LogP contribution in [0.4, 0.5) is 0 Å². The van der Waals surface area contributed by atoms with E-state index in [1.54, 1.807) is 11.8 Å². The van der Waals surface area contributed by atoms with E-state index in [1.165, 1.54) is 0 Å². The largest absolute Gasteiger partial charge is 0.361 e. The van der Waals surface area contributed by atoms with Crippen molar-refractivity contribution in [2.75, 3.05) is 0 Å². The van der Waals surface area contributed by atoms with Crippen molar-refractivity contribution in [3.63, 3.8) is 0 Å². The summed E-state index contributed by atoms with van der Waals surface area (Å²) in [7, 11) is 0.